The van der Waals surface area contributed by atoms with Crippen molar-refractivity contribution in [3.05, 3.63) is 60.8 Å². The first-order valence-corrected chi connectivity index (χ1v) is 8.78. The zero-order valence-corrected chi connectivity index (χ0v) is 14.2. The summed E-state index contributed by atoms with van der Waals surface area (Å²) in [6.07, 6.45) is 9.11. The van der Waals surface area contributed by atoms with Gasteiger partial charge in [0.2, 0.25) is 0 Å². The molecule has 5 rings (SSSR count). The van der Waals surface area contributed by atoms with E-state index >= 15 is 0 Å². The van der Waals surface area contributed by atoms with Gasteiger partial charge in [-0.05, 0) is 37.1 Å². The number of nitrogens with zero attached hydrogens (tertiary/aromatic N) is 5. The van der Waals surface area contributed by atoms with E-state index in [0.29, 0.717) is 5.56 Å². The zero-order valence-electron chi connectivity index (χ0n) is 14.2. The molecule has 5 heterocycles. The average Bonchev–Trinajstić information content (AvgIpc) is 3.34. The Bertz CT molecular complexity index is 1110. The fourth-order valence-electron chi connectivity index (χ4n) is 3.77. The fourth-order valence-corrected chi connectivity index (χ4v) is 3.77. The van der Waals surface area contributed by atoms with Gasteiger partial charge < -0.3 is 9.30 Å². The number of amides is 1. The molecular weight excluding hydrogens is 326 g/mol. The van der Waals surface area contributed by atoms with Crippen LogP contribution in [0.2, 0.25) is 0 Å². The van der Waals surface area contributed by atoms with Crippen molar-refractivity contribution in [1.82, 2.24) is 24.3 Å². The van der Waals surface area contributed by atoms with Crippen LogP contribution in [-0.4, -0.2) is 43.2 Å². The molecule has 1 fully saturated rings. The second-order valence-electron chi connectivity index (χ2n) is 6.49. The summed E-state index contributed by atoms with van der Waals surface area (Å²) >= 11 is 0. The van der Waals surface area contributed by atoms with Crippen molar-refractivity contribution in [2.75, 3.05) is 13.1 Å². The van der Waals surface area contributed by atoms with E-state index in [9.17, 15) is 4.79 Å². The van der Waals surface area contributed by atoms with Gasteiger partial charge in [-0.25, -0.2) is 9.97 Å². The van der Waals surface area contributed by atoms with Crippen LogP contribution in [0.25, 0.3) is 27.8 Å². The van der Waals surface area contributed by atoms with E-state index in [1.807, 2.05) is 45.8 Å². The second kappa shape index (κ2) is 5.91. The van der Waals surface area contributed by atoms with Crippen LogP contribution in [0.1, 0.15) is 23.2 Å². The van der Waals surface area contributed by atoms with Gasteiger partial charge >= 0.3 is 0 Å². The third-order valence-electron chi connectivity index (χ3n) is 4.96. The Morgan fingerprint density at radius 2 is 1.92 bits per heavy atom. The van der Waals surface area contributed by atoms with Gasteiger partial charge in [0.1, 0.15) is 12.0 Å². The molecule has 0 N–H and O–H groups in total. The molecule has 0 radical (unpaired) electrons. The monoisotopic (exact) mass is 343 g/mol. The molecule has 1 saturated heterocycles. The maximum atomic E-state index is 13.4. The summed E-state index contributed by atoms with van der Waals surface area (Å²) in [5.41, 5.74) is 3.92. The summed E-state index contributed by atoms with van der Waals surface area (Å²) in [5.74, 6) is 0.0566. The average molecular weight is 343 g/mol. The van der Waals surface area contributed by atoms with Gasteiger partial charge in [0, 0.05) is 37.2 Å². The summed E-state index contributed by atoms with van der Waals surface area (Å²) in [6, 6.07) is 9.70. The molecule has 0 bridgehead atoms. The molecule has 26 heavy (non-hydrogen) atoms. The van der Waals surface area contributed by atoms with Crippen molar-refractivity contribution in [3.63, 3.8) is 0 Å². The fraction of sp³-hybridized carbons (Fsp3) is 0.200. The molecular formula is C20H17N5O. The standard InChI is InChI=1S/C20H17N5O/c26-20(24-9-3-4-10-24)16-15-7-1-2-11-25(15)19-17(16)18(22-13-23-19)14-6-5-8-21-12-14/h1-2,5-8,11-13H,3-4,9-10H2. The smallest absolute Gasteiger partial charge is 0.256 e. The van der Waals surface area contributed by atoms with Crippen molar-refractivity contribution < 1.29 is 4.79 Å². The number of aromatic nitrogens is 4. The van der Waals surface area contributed by atoms with Crippen LogP contribution in [-0.2, 0) is 0 Å². The zero-order chi connectivity index (χ0) is 17.5. The molecule has 0 unspecified atom stereocenters. The molecule has 6 heteroatoms. The highest BCUT2D eigenvalue weighted by atomic mass is 16.2. The molecule has 1 aliphatic heterocycles. The van der Waals surface area contributed by atoms with Gasteiger partial charge in [0.05, 0.1) is 22.2 Å². The highest BCUT2D eigenvalue weighted by Crippen LogP contribution is 2.33. The largest absolute Gasteiger partial charge is 0.339 e. The molecule has 0 atom stereocenters. The lowest BCUT2D eigenvalue weighted by molar-refractivity contribution is 0.0796. The van der Waals surface area contributed by atoms with Gasteiger partial charge in [0.15, 0.2) is 0 Å². The summed E-state index contributed by atoms with van der Waals surface area (Å²) in [4.78, 5) is 28.5. The first-order valence-electron chi connectivity index (χ1n) is 8.78. The van der Waals surface area contributed by atoms with Crippen LogP contribution in [0, 0.1) is 0 Å². The van der Waals surface area contributed by atoms with Crippen molar-refractivity contribution in [2.24, 2.45) is 0 Å². The maximum absolute atomic E-state index is 13.4. The quantitative estimate of drug-likeness (QED) is 0.561. The molecule has 0 spiro atoms. The summed E-state index contributed by atoms with van der Waals surface area (Å²) < 4.78 is 1.97. The van der Waals surface area contributed by atoms with E-state index in [2.05, 4.69) is 15.0 Å². The van der Waals surface area contributed by atoms with Crippen LogP contribution in [0.4, 0.5) is 0 Å². The second-order valence-corrected chi connectivity index (χ2v) is 6.49. The maximum Gasteiger partial charge on any atom is 0.256 e. The van der Waals surface area contributed by atoms with Crippen molar-refractivity contribution in [3.8, 4) is 11.3 Å². The van der Waals surface area contributed by atoms with Gasteiger partial charge in [-0.2, -0.15) is 0 Å². The van der Waals surface area contributed by atoms with Crippen LogP contribution >= 0.6 is 0 Å². The van der Waals surface area contributed by atoms with E-state index in [4.69, 9.17) is 0 Å². The van der Waals surface area contributed by atoms with Crippen LogP contribution in [0.3, 0.4) is 0 Å². The normalized spacial score (nSPS) is 14.4. The van der Waals surface area contributed by atoms with Gasteiger partial charge in [0.25, 0.3) is 5.91 Å². The molecule has 1 aliphatic rings. The van der Waals surface area contributed by atoms with E-state index in [1.165, 1.54) is 0 Å². The highest BCUT2D eigenvalue weighted by Gasteiger charge is 2.27. The minimum absolute atomic E-state index is 0.0566. The molecule has 4 aromatic rings. The predicted octanol–water partition coefficient (Wildman–Crippen LogP) is 3.18. The lowest BCUT2D eigenvalue weighted by Gasteiger charge is -2.15. The highest BCUT2D eigenvalue weighted by molar-refractivity contribution is 6.16. The number of likely N-dealkylation sites (tertiary alicyclic amines) is 1. The minimum Gasteiger partial charge on any atom is -0.339 e. The third-order valence-corrected chi connectivity index (χ3v) is 4.96. The number of rotatable bonds is 2. The van der Waals surface area contributed by atoms with Gasteiger partial charge in [-0.3, -0.25) is 9.78 Å². The van der Waals surface area contributed by atoms with E-state index < -0.39 is 0 Å². The first kappa shape index (κ1) is 15.0. The van der Waals surface area contributed by atoms with Crippen molar-refractivity contribution >= 4 is 22.5 Å². The Hall–Kier alpha value is -3.28. The Morgan fingerprint density at radius 3 is 2.73 bits per heavy atom. The van der Waals surface area contributed by atoms with E-state index in [1.54, 1.807) is 18.7 Å². The van der Waals surface area contributed by atoms with Crippen molar-refractivity contribution in [1.29, 1.82) is 0 Å². The van der Waals surface area contributed by atoms with Gasteiger partial charge in [-0.1, -0.05) is 6.07 Å². The molecule has 0 saturated carbocycles. The molecule has 128 valence electrons. The lowest BCUT2D eigenvalue weighted by atomic mass is 10.1. The number of pyridine rings is 2. The van der Waals surface area contributed by atoms with Crippen LogP contribution < -0.4 is 0 Å². The first-order chi connectivity index (χ1) is 12.8. The Balaban J connectivity index is 1.87. The Morgan fingerprint density at radius 1 is 1.04 bits per heavy atom. The number of hydrogen-bond donors (Lipinski definition) is 0. The Kier molecular flexibility index (Phi) is 3.41. The molecule has 0 aromatic carbocycles. The third kappa shape index (κ3) is 2.19. The number of hydrogen-bond acceptors (Lipinski definition) is 4. The topological polar surface area (TPSA) is 63.4 Å². The molecule has 6 nitrogen and oxygen atoms in total. The molecule has 1 amide bonds. The molecule has 4 aromatic heterocycles. The summed E-state index contributed by atoms with van der Waals surface area (Å²) in [7, 11) is 0. The Labute approximate surface area is 150 Å². The minimum atomic E-state index is 0.0566. The number of fused-ring (bicyclic) bond motifs is 3. The van der Waals surface area contributed by atoms with Crippen LogP contribution in [0.15, 0.2) is 55.2 Å². The lowest BCUT2D eigenvalue weighted by Crippen LogP contribution is -2.27. The SMILES string of the molecule is O=C(c1c2c(-c3cccnc3)ncnc2n2ccccc12)N1CCCC1. The van der Waals surface area contributed by atoms with E-state index in [-0.39, 0.29) is 5.91 Å². The van der Waals surface area contributed by atoms with Crippen molar-refractivity contribution in [2.45, 2.75) is 12.8 Å². The van der Waals surface area contributed by atoms with Crippen LogP contribution in [0.5, 0.6) is 0 Å². The summed E-state index contributed by atoms with van der Waals surface area (Å²) in [5, 5.41) is 0.795. The predicted molar refractivity (Wildman–Crippen MR) is 98.9 cm³/mol. The van der Waals surface area contributed by atoms with E-state index in [0.717, 1.165) is 53.7 Å². The number of carbonyl (C=O) groups is 1. The van der Waals surface area contributed by atoms with Gasteiger partial charge in [-0.15, -0.1) is 0 Å². The summed E-state index contributed by atoms with van der Waals surface area (Å²) in [6.45, 7) is 1.61. The number of carbonyl (C=O) groups excluding carboxylic acids is 1. The molecule has 0 aliphatic carbocycles.